The summed E-state index contributed by atoms with van der Waals surface area (Å²) >= 11 is 0. The van der Waals surface area contributed by atoms with Crippen LogP contribution < -0.4 is 9.47 Å². The number of hydrogen-bond acceptors (Lipinski definition) is 6. The number of methoxy groups -OCH3 is 1. The Morgan fingerprint density at radius 2 is 2.09 bits per heavy atom. The summed E-state index contributed by atoms with van der Waals surface area (Å²) in [6.45, 7) is 2.71. The van der Waals surface area contributed by atoms with E-state index >= 15 is 0 Å². The predicted octanol–water partition coefficient (Wildman–Crippen LogP) is 1.05. The second-order valence-electron chi connectivity index (χ2n) is 6.66. The molecule has 1 atom stereocenters. The number of hydrogen-bond donors (Lipinski definition) is 0. The van der Waals surface area contributed by atoms with Gasteiger partial charge in [-0.3, -0.25) is 4.90 Å². The van der Waals surface area contributed by atoms with Crippen LogP contribution >= 0.6 is 0 Å². The van der Waals surface area contributed by atoms with Crippen LogP contribution in [0.5, 0.6) is 11.5 Å². The molecular weight excluding hydrogens is 318 g/mol. The summed E-state index contributed by atoms with van der Waals surface area (Å²) in [6.07, 6.45) is 0.716. The average Bonchev–Trinajstić information content (AvgIpc) is 3.03. The normalized spacial score (nSPS) is 27.3. The number of likely N-dealkylation sites (tertiary alicyclic amines) is 1. The summed E-state index contributed by atoms with van der Waals surface area (Å²) in [5.41, 5.74) is 1.11. The van der Waals surface area contributed by atoms with Crippen molar-refractivity contribution < 1.29 is 22.6 Å². The molecule has 23 heavy (non-hydrogen) atoms. The summed E-state index contributed by atoms with van der Waals surface area (Å²) in [5, 5.41) is 0. The van der Waals surface area contributed by atoms with E-state index in [-0.39, 0.29) is 12.7 Å². The summed E-state index contributed by atoms with van der Waals surface area (Å²) in [5.74, 6) is 1.94. The van der Waals surface area contributed by atoms with Crippen molar-refractivity contribution in [1.29, 1.82) is 0 Å². The van der Waals surface area contributed by atoms with Crippen LogP contribution in [-0.4, -0.2) is 57.4 Å². The fraction of sp³-hybridized carbons (Fsp3) is 0.625. The number of sulfone groups is 1. The molecule has 0 aromatic heterocycles. The lowest BCUT2D eigenvalue weighted by Gasteiger charge is -2.50. The Kier molecular flexibility index (Phi) is 3.55. The van der Waals surface area contributed by atoms with Crippen LogP contribution in [0.2, 0.25) is 0 Å². The highest BCUT2D eigenvalue weighted by Gasteiger charge is 2.61. The van der Waals surface area contributed by atoms with E-state index < -0.39 is 14.6 Å². The molecule has 7 heteroatoms. The second kappa shape index (κ2) is 5.36. The van der Waals surface area contributed by atoms with Gasteiger partial charge in [-0.1, -0.05) is 6.07 Å². The van der Waals surface area contributed by atoms with Crippen LogP contribution in [0.4, 0.5) is 0 Å². The minimum Gasteiger partial charge on any atom is -0.454 e. The van der Waals surface area contributed by atoms with E-state index in [0.29, 0.717) is 31.9 Å². The minimum atomic E-state index is -3.02. The summed E-state index contributed by atoms with van der Waals surface area (Å²) in [6, 6.07) is 5.89. The monoisotopic (exact) mass is 339 g/mol. The van der Waals surface area contributed by atoms with Gasteiger partial charge in [0.1, 0.15) is 4.75 Å². The van der Waals surface area contributed by atoms with Gasteiger partial charge in [0.2, 0.25) is 6.79 Å². The standard InChI is InChI=1S/C16H21NO5S/c1-20-8-13-4-5-23(18,19)16(13)9-17(10-16)7-12-2-3-14-15(6-12)22-11-21-14/h2-3,6,13H,4-5,7-11H2,1H3/t13-/m0/s1. The van der Waals surface area contributed by atoms with Crippen molar-refractivity contribution in [2.45, 2.75) is 17.7 Å². The van der Waals surface area contributed by atoms with Gasteiger partial charge in [-0.05, 0) is 24.1 Å². The minimum absolute atomic E-state index is 0.116. The molecule has 1 spiro atoms. The first kappa shape index (κ1) is 15.2. The zero-order valence-corrected chi connectivity index (χ0v) is 14.0. The second-order valence-corrected chi connectivity index (χ2v) is 9.11. The van der Waals surface area contributed by atoms with E-state index in [1.165, 1.54) is 0 Å². The largest absolute Gasteiger partial charge is 0.454 e. The Balaban J connectivity index is 1.46. The van der Waals surface area contributed by atoms with Gasteiger partial charge < -0.3 is 14.2 Å². The number of benzene rings is 1. The molecule has 0 amide bonds. The van der Waals surface area contributed by atoms with E-state index in [2.05, 4.69) is 4.90 Å². The molecule has 2 saturated heterocycles. The number of ether oxygens (including phenoxy) is 3. The maximum atomic E-state index is 12.5. The highest BCUT2D eigenvalue weighted by Crippen LogP contribution is 2.45. The van der Waals surface area contributed by atoms with Crippen molar-refractivity contribution in [3.63, 3.8) is 0 Å². The molecular formula is C16H21NO5S. The third-order valence-electron chi connectivity index (χ3n) is 5.29. The maximum absolute atomic E-state index is 12.5. The summed E-state index contributed by atoms with van der Waals surface area (Å²) in [4.78, 5) is 2.18. The highest BCUT2D eigenvalue weighted by molar-refractivity contribution is 7.93. The van der Waals surface area contributed by atoms with E-state index in [1.54, 1.807) is 7.11 Å². The Labute approximate surface area is 136 Å². The number of fused-ring (bicyclic) bond motifs is 1. The van der Waals surface area contributed by atoms with Crippen molar-refractivity contribution in [3.8, 4) is 11.5 Å². The lowest BCUT2D eigenvalue weighted by Crippen LogP contribution is -2.67. The Morgan fingerprint density at radius 3 is 2.87 bits per heavy atom. The summed E-state index contributed by atoms with van der Waals surface area (Å²) < 4.78 is 40.3. The Morgan fingerprint density at radius 1 is 1.30 bits per heavy atom. The molecule has 4 rings (SSSR count). The first-order valence-corrected chi connectivity index (χ1v) is 9.51. The topological polar surface area (TPSA) is 65.1 Å². The molecule has 0 bridgehead atoms. The van der Waals surface area contributed by atoms with Gasteiger partial charge in [0.25, 0.3) is 0 Å². The third kappa shape index (κ3) is 2.33. The van der Waals surface area contributed by atoms with Crippen molar-refractivity contribution in [1.82, 2.24) is 4.90 Å². The van der Waals surface area contributed by atoms with Crippen LogP contribution in [0, 0.1) is 5.92 Å². The molecule has 3 heterocycles. The van der Waals surface area contributed by atoms with Crippen molar-refractivity contribution >= 4 is 9.84 Å². The average molecular weight is 339 g/mol. The van der Waals surface area contributed by atoms with Crippen LogP contribution in [0.15, 0.2) is 18.2 Å². The molecule has 0 saturated carbocycles. The third-order valence-corrected chi connectivity index (χ3v) is 7.90. The van der Waals surface area contributed by atoms with Gasteiger partial charge in [-0.15, -0.1) is 0 Å². The quantitative estimate of drug-likeness (QED) is 0.817. The molecule has 1 aromatic carbocycles. The van der Waals surface area contributed by atoms with Crippen LogP contribution in [0.3, 0.4) is 0 Å². The fourth-order valence-electron chi connectivity index (χ4n) is 4.03. The lowest BCUT2D eigenvalue weighted by molar-refractivity contribution is 0.0411. The molecule has 1 aromatic rings. The smallest absolute Gasteiger partial charge is 0.231 e. The molecule has 6 nitrogen and oxygen atoms in total. The van der Waals surface area contributed by atoms with Gasteiger partial charge >= 0.3 is 0 Å². The molecule has 0 N–H and O–H groups in total. The van der Waals surface area contributed by atoms with Crippen molar-refractivity contribution in [2.75, 3.05) is 39.4 Å². The van der Waals surface area contributed by atoms with Crippen LogP contribution in [0.25, 0.3) is 0 Å². The van der Waals surface area contributed by atoms with Crippen molar-refractivity contribution in [2.24, 2.45) is 5.92 Å². The molecule has 0 radical (unpaired) electrons. The van der Waals surface area contributed by atoms with Gasteiger partial charge in [-0.25, -0.2) is 8.42 Å². The van der Waals surface area contributed by atoms with E-state index in [0.717, 1.165) is 23.6 Å². The molecule has 126 valence electrons. The van der Waals surface area contributed by atoms with E-state index in [9.17, 15) is 8.42 Å². The van der Waals surface area contributed by atoms with Gasteiger partial charge in [0.15, 0.2) is 21.3 Å². The zero-order valence-electron chi connectivity index (χ0n) is 13.2. The maximum Gasteiger partial charge on any atom is 0.231 e. The molecule has 2 fully saturated rings. The first-order valence-electron chi connectivity index (χ1n) is 7.86. The van der Waals surface area contributed by atoms with Gasteiger partial charge in [0, 0.05) is 32.7 Å². The summed E-state index contributed by atoms with van der Waals surface area (Å²) in [7, 11) is -1.38. The zero-order chi connectivity index (χ0) is 16.1. The highest BCUT2D eigenvalue weighted by atomic mass is 32.2. The van der Waals surface area contributed by atoms with Crippen LogP contribution in [0.1, 0.15) is 12.0 Å². The van der Waals surface area contributed by atoms with Gasteiger partial charge in [-0.2, -0.15) is 0 Å². The SMILES string of the molecule is COC[C@@H]1CCS(=O)(=O)C12CN(Cc1ccc3c(c1)OCO3)C2. The Hall–Kier alpha value is -1.31. The van der Waals surface area contributed by atoms with Crippen LogP contribution in [-0.2, 0) is 21.1 Å². The lowest BCUT2D eigenvalue weighted by atomic mass is 9.83. The Bertz CT molecular complexity index is 711. The van der Waals surface area contributed by atoms with Gasteiger partial charge in [0.05, 0.1) is 12.4 Å². The molecule has 3 aliphatic heterocycles. The van der Waals surface area contributed by atoms with Crippen molar-refractivity contribution in [3.05, 3.63) is 23.8 Å². The first-order chi connectivity index (χ1) is 11.0. The van der Waals surface area contributed by atoms with E-state index in [4.69, 9.17) is 14.2 Å². The number of nitrogens with zero attached hydrogens (tertiary/aromatic N) is 1. The molecule has 0 aliphatic carbocycles. The molecule has 0 unspecified atom stereocenters. The number of rotatable bonds is 4. The molecule has 3 aliphatic rings. The fourth-order valence-corrected chi connectivity index (χ4v) is 6.48. The predicted molar refractivity (Wildman–Crippen MR) is 84.3 cm³/mol. The van der Waals surface area contributed by atoms with E-state index in [1.807, 2.05) is 18.2 Å².